The lowest BCUT2D eigenvalue weighted by atomic mass is 10.0. The highest BCUT2D eigenvalue weighted by Crippen LogP contribution is 2.19. The highest BCUT2D eigenvalue weighted by Gasteiger charge is 2.30. The molecule has 0 aromatic heterocycles. The molecule has 0 saturated carbocycles. The molecule has 0 spiro atoms. The lowest BCUT2D eigenvalue weighted by molar-refractivity contribution is -0.135. The summed E-state index contributed by atoms with van der Waals surface area (Å²) in [6.45, 7) is 3.02. The van der Waals surface area contributed by atoms with E-state index in [2.05, 4.69) is 5.32 Å². The molecule has 0 bridgehead atoms. The molecule has 2 fully saturated rings. The lowest BCUT2D eigenvalue weighted by Gasteiger charge is -2.37. The maximum absolute atomic E-state index is 12.5. The summed E-state index contributed by atoms with van der Waals surface area (Å²) in [5.74, 6) is -0.0206. The molecule has 2 amide bonds. The summed E-state index contributed by atoms with van der Waals surface area (Å²) in [4.78, 5) is 28.5. The number of rotatable bonds is 2. The van der Waals surface area contributed by atoms with Crippen LogP contribution >= 0.6 is 0 Å². The number of piperidine rings is 1. The number of hydrogen-bond donors (Lipinski definition) is 2. The van der Waals surface area contributed by atoms with Crippen molar-refractivity contribution < 1.29 is 14.7 Å². The monoisotopic (exact) mass is 317 g/mol. The number of phenolic OH excluding ortho intramolecular Hbond substituents is 1. The Hall–Kier alpha value is -2.08. The fourth-order valence-electron chi connectivity index (χ4n) is 3.24. The van der Waals surface area contributed by atoms with E-state index in [-0.39, 0.29) is 23.6 Å². The normalized spacial score (nSPS) is 22.0. The number of amides is 2. The van der Waals surface area contributed by atoms with Crippen molar-refractivity contribution in [2.45, 2.75) is 25.3 Å². The van der Waals surface area contributed by atoms with Crippen LogP contribution in [0.25, 0.3) is 0 Å². The zero-order chi connectivity index (χ0) is 16.2. The first-order chi connectivity index (χ1) is 11.2. The molecule has 1 unspecified atom stereocenters. The second-order valence-electron chi connectivity index (χ2n) is 6.14. The standard InChI is InChI=1S/C17H23N3O3/c21-15-7-2-1-5-13(15)16(22)19-9-11-20(12-10-19)17(23)14-6-3-4-8-18-14/h1-2,5,7,14,18,21H,3-4,6,8-12H2. The van der Waals surface area contributed by atoms with Crippen LogP contribution in [-0.4, -0.2) is 65.5 Å². The number of piperazine rings is 1. The van der Waals surface area contributed by atoms with Gasteiger partial charge in [0.2, 0.25) is 5.91 Å². The Balaban J connectivity index is 1.57. The second kappa shape index (κ2) is 7.00. The molecule has 124 valence electrons. The Morgan fingerprint density at radius 3 is 2.39 bits per heavy atom. The van der Waals surface area contributed by atoms with Crippen LogP contribution < -0.4 is 5.32 Å². The Morgan fingerprint density at radius 1 is 1.04 bits per heavy atom. The second-order valence-corrected chi connectivity index (χ2v) is 6.14. The summed E-state index contributed by atoms with van der Waals surface area (Å²) in [5.41, 5.74) is 0.321. The van der Waals surface area contributed by atoms with E-state index in [0.717, 1.165) is 25.8 Å². The van der Waals surface area contributed by atoms with Crippen LogP contribution in [0.15, 0.2) is 24.3 Å². The van der Waals surface area contributed by atoms with Crippen LogP contribution in [-0.2, 0) is 4.79 Å². The minimum absolute atomic E-state index is 0.00223. The molecular formula is C17H23N3O3. The number of benzene rings is 1. The van der Waals surface area contributed by atoms with Crippen molar-refractivity contribution in [3.05, 3.63) is 29.8 Å². The lowest BCUT2D eigenvalue weighted by Crippen LogP contribution is -2.55. The van der Waals surface area contributed by atoms with Gasteiger partial charge < -0.3 is 20.2 Å². The topological polar surface area (TPSA) is 72.9 Å². The summed E-state index contributed by atoms with van der Waals surface area (Å²) in [7, 11) is 0. The summed E-state index contributed by atoms with van der Waals surface area (Å²) in [5, 5.41) is 13.1. The van der Waals surface area contributed by atoms with E-state index < -0.39 is 0 Å². The first-order valence-corrected chi connectivity index (χ1v) is 8.26. The molecule has 2 saturated heterocycles. The minimum atomic E-state index is -0.175. The quantitative estimate of drug-likeness (QED) is 0.847. The van der Waals surface area contributed by atoms with Crippen molar-refractivity contribution in [2.75, 3.05) is 32.7 Å². The van der Waals surface area contributed by atoms with Crippen molar-refractivity contribution in [2.24, 2.45) is 0 Å². The SMILES string of the molecule is O=C(c1ccccc1O)N1CCN(C(=O)C2CCCCN2)CC1. The third-order valence-corrected chi connectivity index (χ3v) is 4.62. The molecule has 0 aliphatic carbocycles. The number of carbonyl (C=O) groups is 2. The van der Waals surface area contributed by atoms with Crippen LogP contribution in [0.1, 0.15) is 29.6 Å². The number of para-hydroxylation sites is 1. The molecule has 1 aromatic rings. The van der Waals surface area contributed by atoms with Crippen molar-refractivity contribution in [1.29, 1.82) is 0 Å². The average molecular weight is 317 g/mol. The largest absolute Gasteiger partial charge is 0.507 e. The van der Waals surface area contributed by atoms with Gasteiger partial charge >= 0.3 is 0 Å². The maximum Gasteiger partial charge on any atom is 0.257 e. The fourth-order valence-corrected chi connectivity index (χ4v) is 3.24. The van der Waals surface area contributed by atoms with Gasteiger partial charge in [-0.3, -0.25) is 9.59 Å². The van der Waals surface area contributed by atoms with Crippen molar-refractivity contribution in [3.8, 4) is 5.75 Å². The smallest absolute Gasteiger partial charge is 0.257 e. The molecule has 23 heavy (non-hydrogen) atoms. The number of nitrogens with zero attached hydrogens (tertiary/aromatic N) is 2. The van der Waals surface area contributed by atoms with E-state index >= 15 is 0 Å². The molecule has 1 atom stereocenters. The van der Waals surface area contributed by atoms with Gasteiger partial charge in [-0.25, -0.2) is 0 Å². The van der Waals surface area contributed by atoms with Gasteiger partial charge in [-0.05, 0) is 31.5 Å². The van der Waals surface area contributed by atoms with E-state index in [1.807, 2.05) is 4.90 Å². The van der Waals surface area contributed by atoms with Crippen molar-refractivity contribution in [3.63, 3.8) is 0 Å². The predicted octanol–water partition coefficient (Wildman–Crippen LogP) is 0.819. The summed E-state index contributed by atoms with van der Waals surface area (Å²) >= 11 is 0. The Bertz CT molecular complexity index is 576. The Kier molecular flexibility index (Phi) is 4.81. The van der Waals surface area contributed by atoms with Gasteiger partial charge in [0.15, 0.2) is 0 Å². The number of phenols is 1. The van der Waals surface area contributed by atoms with Gasteiger partial charge in [0.05, 0.1) is 11.6 Å². The molecule has 2 aliphatic rings. The molecule has 6 nitrogen and oxygen atoms in total. The van der Waals surface area contributed by atoms with Crippen LogP contribution in [0.4, 0.5) is 0 Å². The van der Waals surface area contributed by atoms with Crippen LogP contribution in [0.3, 0.4) is 0 Å². The minimum Gasteiger partial charge on any atom is -0.507 e. The molecule has 6 heteroatoms. The summed E-state index contributed by atoms with van der Waals surface area (Å²) in [6, 6.07) is 6.51. The highest BCUT2D eigenvalue weighted by atomic mass is 16.3. The van der Waals surface area contributed by atoms with Gasteiger partial charge in [-0.15, -0.1) is 0 Å². The third kappa shape index (κ3) is 3.47. The Morgan fingerprint density at radius 2 is 1.74 bits per heavy atom. The summed E-state index contributed by atoms with van der Waals surface area (Å²) in [6.07, 6.45) is 3.12. The van der Waals surface area contributed by atoms with E-state index in [1.165, 1.54) is 6.07 Å². The van der Waals surface area contributed by atoms with Crippen LogP contribution in [0.5, 0.6) is 5.75 Å². The van der Waals surface area contributed by atoms with Crippen LogP contribution in [0.2, 0.25) is 0 Å². The van der Waals surface area contributed by atoms with Gasteiger partial charge in [-0.1, -0.05) is 18.6 Å². The van der Waals surface area contributed by atoms with Crippen LogP contribution in [0, 0.1) is 0 Å². The molecule has 2 heterocycles. The van der Waals surface area contributed by atoms with E-state index in [4.69, 9.17) is 0 Å². The van der Waals surface area contributed by atoms with E-state index in [1.54, 1.807) is 23.1 Å². The number of nitrogens with one attached hydrogen (secondary N) is 1. The maximum atomic E-state index is 12.5. The van der Waals surface area contributed by atoms with Gasteiger partial charge in [0, 0.05) is 26.2 Å². The fraction of sp³-hybridized carbons (Fsp3) is 0.529. The first kappa shape index (κ1) is 15.8. The zero-order valence-corrected chi connectivity index (χ0v) is 13.2. The molecule has 0 radical (unpaired) electrons. The number of aromatic hydroxyl groups is 1. The van der Waals surface area contributed by atoms with Gasteiger partial charge in [0.1, 0.15) is 5.75 Å². The molecule has 2 N–H and O–H groups in total. The molecule has 2 aliphatic heterocycles. The highest BCUT2D eigenvalue weighted by molar-refractivity contribution is 5.97. The average Bonchev–Trinajstić information content (AvgIpc) is 2.62. The zero-order valence-electron chi connectivity index (χ0n) is 13.2. The van der Waals surface area contributed by atoms with Gasteiger partial charge in [0.25, 0.3) is 5.91 Å². The third-order valence-electron chi connectivity index (χ3n) is 4.62. The summed E-state index contributed by atoms with van der Waals surface area (Å²) < 4.78 is 0. The van der Waals surface area contributed by atoms with Crippen molar-refractivity contribution >= 4 is 11.8 Å². The predicted molar refractivity (Wildman–Crippen MR) is 86.2 cm³/mol. The first-order valence-electron chi connectivity index (χ1n) is 8.26. The van der Waals surface area contributed by atoms with Gasteiger partial charge in [-0.2, -0.15) is 0 Å². The number of carbonyl (C=O) groups excluding carboxylic acids is 2. The van der Waals surface area contributed by atoms with Crippen molar-refractivity contribution in [1.82, 2.24) is 15.1 Å². The van der Waals surface area contributed by atoms with E-state index in [0.29, 0.717) is 31.7 Å². The molecule has 1 aromatic carbocycles. The molecular weight excluding hydrogens is 294 g/mol. The van der Waals surface area contributed by atoms with E-state index in [9.17, 15) is 14.7 Å². The number of hydrogen-bond acceptors (Lipinski definition) is 4. The molecule has 3 rings (SSSR count). The Labute approximate surface area is 136 Å².